The lowest BCUT2D eigenvalue weighted by Gasteiger charge is -2.00. The standard InChI is InChI=1S/C11H9NO3S/c1-15-8-4-2-3-7(5-8)6-9-10(13)12-11(14)16-9/h2-6H,1H3,(H,12,13,14)/b9-6-. The molecule has 82 valence electrons. The van der Waals surface area contributed by atoms with Crippen LogP contribution in [0.25, 0.3) is 6.08 Å². The number of nitrogens with one attached hydrogen (secondary N) is 1. The van der Waals surface area contributed by atoms with E-state index in [2.05, 4.69) is 5.32 Å². The van der Waals surface area contributed by atoms with E-state index in [1.807, 2.05) is 18.2 Å². The predicted molar refractivity (Wildman–Crippen MR) is 62.1 cm³/mol. The average Bonchev–Trinajstić information content (AvgIpc) is 2.58. The van der Waals surface area contributed by atoms with Gasteiger partial charge in [-0.3, -0.25) is 14.9 Å². The largest absolute Gasteiger partial charge is 0.497 e. The second-order valence-electron chi connectivity index (χ2n) is 3.13. The van der Waals surface area contributed by atoms with Crippen LogP contribution in [0.4, 0.5) is 4.79 Å². The molecule has 1 aromatic carbocycles. The van der Waals surface area contributed by atoms with E-state index in [1.165, 1.54) is 0 Å². The highest BCUT2D eigenvalue weighted by Gasteiger charge is 2.24. The quantitative estimate of drug-likeness (QED) is 0.797. The Labute approximate surface area is 96.7 Å². The zero-order valence-electron chi connectivity index (χ0n) is 8.52. The van der Waals surface area contributed by atoms with E-state index in [0.717, 1.165) is 17.3 Å². The van der Waals surface area contributed by atoms with Gasteiger partial charge in [-0.2, -0.15) is 0 Å². The molecule has 16 heavy (non-hydrogen) atoms. The third kappa shape index (κ3) is 2.25. The van der Waals surface area contributed by atoms with Crippen LogP contribution in [0, 0.1) is 0 Å². The number of imide groups is 1. The molecule has 0 atom stereocenters. The smallest absolute Gasteiger partial charge is 0.290 e. The Morgan fingerprint density at radius 1 is 1.38 bits per heavy atom. The van der Waals surface area contributed by atoms with Crippen LogP contribution >= 0.6 is 11.8 Å². The Bertz CT molecular complexity index is 482. The van der Waals surface area contributed by atoms with Gasteiger partial charge in [-0.25, -0.2) is 0 Å². The summed E-state index contributed by atoms with van der Waals surface area (Å²) in [6.07, 6.45) is 1.66. The minimum absolute atomic E-state index is 0.334. The maximum Gasteiger partial charge on any atom is 0.290 e. The summed E-state index contributed by atoms with van der Waals surface area (Å²) in [5, 5.41) is 1.87. The average molecular weight is 235 g/mol. The van der Waals surface area contributed by atoms with Crippen molar-refractivity contribution in [3.8, 4) is 5.75 Å². The van der Waals surface area contributed by atoms with Gasteiger partial charge in [-0.05, 0) is 35.5 Å². The molecule has 0 radical (unpaired) electrons. The van der Waals surface area contributed by atoms with Gasteiger partial charge in [-0.15, -0.1) is 0 Å². The molecule has 1 fully saturated rings. The number of hydrogen-bond acceptors (Lipinski definition) is 4. The van der Waals surface area contributed by atoms with E-state index in [1.54, 1.807) is 19.3 Å². The first-order valence-electron chi connectivity index (χ1n) is 4.58. The number of carbonyl (C=O) groups is 2. The zero-order chi connectivity index (χ0) is 11.5. The molecule has 0 saturated carbocycles. The zero-order valence-corrected chi connectivity index (χ0v) is 9.34. The van der Waals surface area contributed by atoms with E-state index in [9.17, 15) is 9.59 Å². The molecule has 0 aliphatic carbocycles. The molecule has 2 rings (SSSR count). The lowest BCUT2D eigenvalue weighted by atomic mass is 10.2. The molecule has 2 amide bonds. The second kappa shape index (κ2) is 4.40. The van der Waals surface area contributed by atoms with Crippen molar-refractivity contribution < 1.29 is 14.3 Å². The summed E-state index contributed by atoms with van der Waals surface area (Å²) in [7, 11) is 1.58. The molecule has 1 aliphatic rings. The number of carbonyl (C=O) groups excluding carboxylic acids is 2. The van der Waals surface area contributed by atoms with Crippen molar-refractivity contribution in [1.29, 1.82) is 0 Å². The number of methoxy groups -OCH3 is 1. The third-order valence-electron chi connectivity index (χ3n) is 2.03. The van der Waals surface area contributed by atoms with Gasteiger partial charge in [0, 0.05) is 0 Å². The van der Waals surface area contributed by atoms with E-state index in [-0.39, 0.29) is 11.1 Å². The van der Waals surface area contributed by atoms with Gasteiger partial charge in [0.25, 0.3) is 11.1 Å². The lowest BCUT2D eigenvalue weighted by molar-refractivity contribution is -0.115. The SMILES string of the molecule is COc1cccc(/C=C2\SC(=O)NC2=O)c1. The summed E-state index contributed by atoms with van der Waals surface area (Å²) in [5.41, 5.74) is 0.826. The maximum absolute atomic E-state index is 11.3. The maximum atomic E-state index is 11.3. The van der Waals surface area contributed by atoms with Crippen LogP contribution in [0.15, 0.2) is 29.2 Å². The Morgan fingerprint density at radius 3 is 2.81 bits per heavy atom. The Kier molecular flexibility index (Phi) is 2.96. The van der Waals surface area contributed by atoms with Gasteiger partial charge in [0.2, 0.25) is 0 Å². The highest BCUT2D eigenvalue weighted by atomic mass is 32.2. The summed E-state index contributed by atoms with van der Waals surface area (Å²) in [5.74, 6) is 0.363. The molecule has 1 heterocycles. The van der Waals surface area contributed by atoms with Crippen molar-refractivity contribution in [1.82, 2.24) is 5.32 Å². The van der Waals surface area contributed by atoms with Gasteiger partial charge in [-0.1, -0.05) is 12.1 Å². The lowest BCUT2D eigenvalue weighted by Crippen LogP contribution is -2.17. The molecule has 0 bridgehead atoms. The van der Waals surface area contributed by atoms with Crippen molar-refractivity contribution in [2.24, 2.45) is 0 Å². The summed E-state index contributed by atoms with van der Waals surface area (Å²) < 4.78 is 5.06. The Hall–Kier alpha value is -1.75. The number of benzene rings is 1. The highest BCUT2D eigenvalue weighted by Crippen LogP contribution is 2.26. The van der Waals surface area contributed by atoms with Crippen molar-refractivity contribution >= 4 is 29.0 Å². The first-order chi connectivity index (χ1) is 7.69. The van der Waals surface area contributed by atoms with Gasteiger partial charge >= 0.3 is 0 Å². The molecule has 1 N–H and O–H groups in total. The normalized spacial score (nSPS) is 17.7. The molecular weight excluding hydrogens is 226 g/mol. The fourth-order valence-electron chi connectivity index (χ4n) is 1.30. The monoisotopic (exact) mass is 235 g/mol. The van der Waals surface area contributed by atoms with Crippen LogP contribution in [-0.4, -0.2) is 18.3 Å². The van der Waals surface area contributed by atoms with E-state index < -0.39 is 0 Å². The van der Waals surface area contributed by atoms with Crippen LogP contribution < -0.4 is 10.1 Å². The molecule has 1 aromatic rings. The van der Waals surface area contributed by atoms with Crippen LogP contribution in [0.5, 0.6) is 5.75 Å². The molecule has 1 saturated heterocycles. The fraction of sp³-hybridized carbons (Fsp3) is 0.0909. The number of ether oxygens (including phenoxy) is 1. The van der Waals surface area contributed by atoms with Crippen LogP contribution in [0.2, 0.25) is 0 Å². The summed E-state index contributed by atoms with van der Waals surface area (Å²) >= 11 is 0.903. The Morgan fingerprint density at radius 2 is 2.19 bits per heavy atom. The Balaban J connectivity index is 2.28. The topological polar surface area (TPSA) is 55.4 Å². The van der Waals surface area contributed by atoms with E-state index in [4.69, 9.17) is 4.74 Å². The molecule has 4 nitrogen and oxygen atoms in total. The first kappa shape index (κ1) is 10.8. The van der Waals surface area contributed by atoms with Gasteiger partial charge in [0.15, 0.2) is 0 Å². The number of hydrogen-bond donors (Lipinski definition) is 1. The summed E-state index contributed by atoms with van der Waals surface area (Å²) in [4.78, 5) is 22.6. The summed E-state index contributed by atoms with van der Waals surface area (Å²) in [6, 6.07) is 7.27. The van der Waals surface area contributed by atoms with Crippen LogP contribution in [0.1, 0.15) is 5.56 Å². The van der Waals surface area contributed by atoms with Crippen molar-refractivity contribution in [3.05, 3.63) is 34.7 Å². The number of rotatable bonds is 2. The highest BCUT2D eigenvalue weighted by molar-refractivity contribution is 8.18. The fourth-order valence-corrected chi connectivity index (χ4v) is 1.99. The van der Waals surface area contributed by atoms with Crippen molar-refractivity contribution in [3.63, 3.8) is 0 Å². The van der Waals surface area contributed by atoms with E-state index in [0.29, 0.717) is 10.7 Å². The minimum atomic E-state index is -0.349. The van der Waals surface area contributed by atoms with Crippen LogP contribution in [-0.2, 0) is 4.79 Å². The molecule has 0 spiro atoms. The molecule has 5 heteroatoms. The first-order valence-corrected chi connectivity index (χ1v) is 5.39. The predicted octanol–water partition coefficient (Wildman–Crippen LogP) is 2.02. The molecular formula is C11H9NO3S. The van der Waals surface area contributed by atoms with Crippen molar-refractivity contribution in [2.75, 3.05) is 7.11 Å². The molecule has 0 aromatic heterocycles. The van der Waals surface area contributed by atoms with Gasteiger partial charge in [0.1, 0.15) is 5.75 Å². The van der Waals surface area contributed by atoms with Gasteiger partial charge < -0.3 is 4.74 Å². The number of amides is 2. The van der Waals surface area contributed by atoms with Crippen LogP contribution in [0.3, 0.4) is 0 Å². The molecule has 1 aliphatic heterocycles. The molecule has 0 unspecified atom stereocenters. The van der Waals surface area contributed by atoms with E-state index >= 15 is 0 Å². The second-order valence-corrected chi connectivity index (χ2v) is 4.14. The van der Waals surface area contributed by atoms with Gasteiger partial charge in [0.05, 0.1) is 12.0 Å². The number of thioether (sulfide) groups is 1. The third-order valence-corrected chi connectivity index (χ3v) is 2.84. The summed E-state index contributed by atoms with van der Waals surface area (Å²) in [6.45, 7) is 0. The minimum Gasteiger partial charge on any atom is -0.497 e. The van der Waals surface area contributed by atoms with Crippen molar-refractivity contribution in [2.45, 2.75) is 0 Å².